The molecule has 5 heteroatoms. The average Bonchev–Trinajstić information content (AvgIpc) is 2.93. The summed E-state index contributed by atoms with van der Waals surface area (Å²) in [6.45, 7) is 6.83. The number of fused-ring (bicyclic) bond motifs is 2. The summed E-state index contributed by atoms with van der Waals surface area (Å²) >= 11 is 0. The van der Waals surface area contributed by atoms with E-state index in [2.05, 4.69) is 36.1 Å². The van der Waals surface area contributed by atoms with Gasteiger partial charge in [0.2, 0.25) is 0 Å². The van der Waals surface area contributed by atoms with Crippen molar-refractivity contribution >= 4 is 22.6 Å². The first-order valence-electron chi connectivity index (χ1n) is 9.31. The molecule has 1 aromatic carbocycles. The van der Waals surface area contributed by atoms with Crippen LogP contribution in [0.4, 0.5) is 5.69 Å². The van der Waals surface area contributed by atoms with Crippen LogP contribution < -0.4 is 4.90 Å². The van der Waals surface area contributed by atoms with Crippen LogP contribution in [0.2, 0.25) is 0 Å². The lowest BCUT2D eigenvalue weighted by Gasteiger charge is -2.23. The Morgan fingerprint density at radius 3 is 2.81 bits per heavy atom. The minimum Gasteiger partial charge on any atom is -0.308 e. The molecule has 26 heavy (non-hydrogen) atoms. The van der Waals surface area contributed by atoms with Crippen molar-refractivity contribution in [1.29, 1.82) is 0 Å². The lowest BCUT2D eigenvalue weighted by atomic mass is 10.1. The van der Waals surface area contributed by atoms with Gasteiger partial charge in [0.1, 0.15) is 0 Å². The van der Waals surface area contributed by atoms with Gasteiger partial charge >= 0.3 is 0 Å². The molecule has 1 aliphatic heterocycles. The Morgan fingerprint density at radius 2 is 2.00 bits per heavy atom. The van der Waals surface area contributed by atoms with E-state index in [4.69, 9.17) is 0 Å². The third-order valence-corrected chi connectivity index (χ3v) is 5.02. The van der Waals surface area contributed by atoms with Crippen molar-refractivity contribution in [3.05, 3.63) is 53.3 Å². The third-order valence-electron chi connectivity index (χ3n) is 5.02. The number of carbonyl (C=O) groups excluding carboxylic acids is 1. The molecule has 2 aromatic heterocycles. The summed E-state index contributed by atoms with van der Waals surface area (Å²) in [5.74, 6) is 0.0400. The second-order valence-corrected chi connectivity index (χ2v) is 7.27. The van der Waals surface area contributed by atoms with Crippen molar-refractivity contribution in [2.24, 2.45) is 0 Å². The molecule has 1 amide bonds. The number of hydrogen-bond acceptors (Lipinski definition) is 3. The van der Waals surface area contributed by atoms with Gasteiger partial charge < -0.3 is 4.90 Å². The van der Waals surface area contributed by atoms with Crippen molar-refractivity contribution in [3.8, 4) is 0 Å². The van der Waals surface area contributed by atoms with Gasteiger partial charge in [-0.15, -0.1) is 0 Å². The summed E-state index contributed by atoms with van der Waals surface area (Å²) < 4.78 is 1.88. The molecule has 3 aromatic rings. The van der Waals surface area contributed by atoms with Crippen LogP contribution in [-0.2, 0) is 6.42 Å². The Labute approximate surface area is 153 Å². The molecule has 0 radical (unpaired) electrons. The molecule has 1 aliphatic rings. The first-order valence-corrected chi connectivity index (χ1v) is 9.31. The first-order chi connectivity index (χ1) is 12.6. The number of anilines is 1. The van der Waals surface area contributed by atoms with Crippen molar-refractivity contribution in [2.45, 2.75) is 46.1 Å². The predicted octanol–water partition coefficient (Wildman–Crippen LogP) is 4.30. The molecule has 0 saturated heterocycles. The smallest absolute Gasteiger partial charge is 0.259 e. The van der Waals surface area contributed by atoms with Gasteiger partial charge in [-0.25, -0.2) is 9.67 Å². The van der Waals surface area contributed by atoms with E-state index in [-0.39, 0.29) is 11.9 Å². The van der Waals surface area contributed by atoms with Crippen LogP contribution in [0.5, 0.6) is 0 Å². The van der Waals surface area contributed by atoms with Crippen LogP contribution in [0.15, 0.2) is 36.5 Å². The van der Waals surface area contributed by atoms with Gasteiger partial charge in [0.15, 0.2) is 5.65 Å². The molecule has 5 nitrogen and oxygen atoms in total. The minimum absolute atomic E-state index is 0.0400. The van der Waals surface area contributed by atoms with E-state index in [0.717, 1.165) is 48.2 Å². The van der Waals surface area contributed by atoms with Crippen LogP contribution in [0.1, 0.15) is 54.3 Å². The molecule has 0 unspecified atom stereocenters. The summed E-state index contributed by atoms with van der Waals surface area (Å²) in [6.07, 6.45) is 4.92. The lowest BCUT2D eigenvalue weighted by Crippen LogP contribution is -2.32. The van der Waals surface area contributed by atoms with Crippen molar-refractivity contribution in [3.63, 3.8) is 0 Å². The van der Waals surface area contributed by atoms with E-state index in [1.54, 1.807) is 6.20 Å². The Kier molecular flexibility index (Phi) is 4.23. The second-order valence-electron chi connectivity index (χ2n) is 7.27. The van der Waals surface area contributed by atoms with Gasteiger partial charge in [-0.1, -0.05) is 18.2 Å². The quantitative estimate of drug-likeness (QED) is 0.694. The summed E-state index contributed by atoms with van der Waals surface area (Å²) in [6, 6.07) is 10.3. The molecule has 0 fully saturated rings. The standard InChI is InChI=1S/C21H24N4O/c1-14(2)25-20-18(13-22-25)17(12-15(3)23-20)21(26)24-11-7-6-9-16-8-4-5-10-19(16)24/h4-5,8,10,12-14H,6-7,9,11H2,1-3H3. The zero-order valence-electron chi connectivity index (χ0n) is 15.6. The highest BCUT2D eigenvalue weighted by molar-refractivity contribution is 6.13. The van der Waals surface area contributed by atoms with E-state index in [9.17, 15) is 4.79 Å². The third kappa shape index (κ3) is 2.77. The highest BCUT2D eigenvalue weighted by Gasteiger charge is 2.25. The molecular formula is C21H24N4O. The van der Waals surface area contributed by atoms with Crippen LogP contribution in [0.3, 0.4) is 0 Å². The van der Waals surface area contributed by atoms with Crippen LogP contribution in [0.25, 0.3) is 11.0 Å². The fraction of sp³-hybridized carbons (Fsp3) is 0.381. The lowest BCUT2D eigenvalue weighted by molar-refractivity contribution is 0.0988. The molecule has 0 spiro atoms. The number of hydrogen-bond donors (Lipinski definition) is 0. The SMILES string of the molecule is Cc1cc(C(=O)N2CCCCc3ccccc32)c2cnn(C(C)C)c2n1. The number of pyridine rings is 1. The second kappa shape index (κ2) is 6.56. The molecule has 4 rings (SSSR count). The monoisotopic (exact) mass is 348 g/mol. The number of carbonyl (C=O) groups is 1. The molecule has 0 atom stereocenters. The first kappa shape index (κ1) is 16.8. The highest BCUT2D eigenvalue weighted by Crippen LogP contribution is 2.29. The Hall–Kier alpha value is -2.69. The van der Waals surface area contributed by atoms with Crippen LogP contribution in [0, 0.1) is 6.92 Å². The van der Waals surface area contributed by atoms with Gasteiger partial charge in [-0.3, -0.25) is 4.79 Å². The molecular weight excluding hydrogens is 324 g/mol. The topological polar surface area (TPSA) is 51.0 Å². The zero-order chi connectivity index (χ0) is 18.3. The normalized spacial score (nSPS) is 14.5. The van der Waals surface area contributed by atoms with Gasteiger partial charge in [0, 0.05) is 24.0 Å². The predicted molar refractivity (Wildman–Crippen MR) is 104 cm³/mol. The number of amides is 1. The molecule has 134 valence electrons. The van der Waals surface area contributed by atoms with Crippen molar-refractivity contribution in [1.82, 2.24) is 14.8 Å². The molecule has 0 N–H and O–H groups in total. The van der Waals surface area contributed by atoms with Gasteiger partial charge in [0.05, 0.1) is 17.1 Å². The van der Waals surface area contributed by atoms with E-state index in [1.807, 2.05) is 34.7 Å². The number of aryl methyl sites for hydroxylation is 2. The maximum absolute atomic E-state index is 13.5. The Morgan fingerprint density at radius 1 is 1.19 bits per heavy atom. The Bertz CT molecular complexity index is 973. The summed E-state index contributed by atoms with van der Waals surface area (Å²) in [4.78, 5) is 20.1. The maximum atomic E-state index is 13.5. The van der Waals surface area contributed by atoms with Gasteiger partial charge in [-0.2, -0.15) is 5.10 Å². The summed E-state index contributed by atoms with van der Waals surface area (Å²) in [5.41, 5.74) is 4.60. The number of rotatable bonds is 2. The van der Waals surface area contributed by atoms with Gasteiger partial charge in [0.25, 0.3) is 5.91 Å². The fourth-order valence-corrected chi connectivity index (χ4v) is 3.75. The van der Waals surface area contributed by atoms with E-state index < -0.39 is 0 Å². The number of nitrogens with zero attached hydrogens (tertiary/aromatic N) is 4. The largest absolute Gasteiger partial charge is 0.308 e. The van der Waals surface area contributed by atoms with Crippen LogP contribution in [-0.4, -0.2) is 27.2 Å². The van der Waals surface area contributed by atoms with Crippen LogP contribution >= 0.6 is 0 Å². The van der Waals surface area contributed by atoms with Gasteiger partial charge in [-0.05, 0) is 57.7 Å². The number of benzene rings is 1. The molecule has 0 bridgehead atoms. The maximum Gasteiger partial charge on any atom is 0.259 e. The van der Waals surface area contributed by atoms with Crippen molar-refractivity contribution < 1.29 is 4.79 Å². The van der Waals surface area contributed by atoms with E-state index >= 15 is 0 Å². The molecule has 3 heterocycles. The summed E-state index contributed by atoms with van der Waals surface area (Å²) in [5, 5.41) is 5.30. The Balaban J connectivity index is 1.84. The zero-order valence-corrected chi connectivity index (χ0v) is 15.6. The summed E-state index contributed by atoms with van der Waals surface area (Å²) in [7, 11) is 0. The minimum atomic E-state index is 0.0400. The fourth-order valence-electron chi connectivity index (χ4n) is 3.75. The molecule has 0 aliphatic carbocycles. The van der Waals surface area contributed by atoms with Crippen molar-refractivity contribution in [2.75, 3.05) is 11.4 Å². The molecule has 0 saturated carbocycles. The van der Waals surface area contributed by atoms with E-state index in [0.29, 0.717) is 5.56 Å². The van der Waals surface area contributed by atoms with E-state index in [1.165, 1.54) is 5.56 Å². The highest BCUT2D eigenvalue weighted by atomic mass is 16.2. The number of para-hydroxylation sites is 1. The average molecular weight is 348 g/mol. The number of aromatic nitrogens is 3.